The van der Waals surface area contributed by atoms with E-state index in [0.29, 0.717) is 0 Å². The lowest BCUT2D eigenvalue weighted by Crippen LogP contribution is -2.62. The van der Waals surface area contributed by atoms with Crippen molar-refractivity contribution in [3.05, 3.63) is 0 Å². The van der Waals surface area contributed by atoms with Crippen LogP contribution in [0.25, 0.3) is 0 Å². The number of aliphatic hydroxyl groups excluding tert-OH is 5. The van der Waals surface area contributed by atoms with E-state index in [-0.39, 0.29) is 19.8 Å². The number of aliphatic hydroxyl groups is 5. The van der Waals surface area contributed by atoms with Gasteiger partial charge in [0.2, 0.25) is 5.79 Å². The van der Waals surface area contributed by atoms with Crippen LogP contribution in [0.4, 0.5) is 0 Å². The second-order valence-electron chi connectivity index (χ2n) is 6.74. The van der Waals surface area contributed by atoms with Crippen LogP contribution in [-0.2, 0) is 28.4 Å². The Kier molecular flexibility index (Phi) is 8.34. The molecule has 0 amide bonds. The molecule has 0 spiro atoms. The Morgan fingerprint density at radius 2 is 1.48 bits per heavy atom. The summed E-state index contributed by atoms with van der Waals surface area (Å²) in [5, 5.41) is 50.7. The molecule has 0 aromatic rings. The molecule has 0 aliphatic carbocycles. The first-order valence-corrected chi connectivity index (χ1v) is 8.66. The van der Waals surface area contributed by atoms with Gasteiger partial charge in [-0.25, -0.2) is 0 Å². The summed E-state index contributed by atoms with van der Waals surface area (Å²) < 4.78 is 32.2. The summed E-state index contributed by atoms with van der Waals surface area (Å²) in [6.45, 7) is -0.618. The van der Waals surface area contributed by atoms with Gasteiger partial charge in [0.25, 0.3) is 0 Å². The lowest BCUT2D eigenvalue weighted by molar-refractivity contribution is -0.384. The SMILES string of the molecule is COCC1OC(COC)(O[C@H]2OC(COC)[C@@H](O)C(O)C2O)C(O)C1CO. The third-order valence-corrected chi connectivity index (χ3v) is 4.89. The monoisotopic (exact) mass is 398 g/mol. The molecule has 11 heteroatoms. The van der Waals surface area contributed by atoms with Crippen molar-refractivity contribution in [3.63, 3.8) is 0 Å². The van der Waals surface area contributed by atoms with Gasteiger partial charge < -0.3 is 54.0 Å². The fourth-order valence-corrected chi connectivity index (χ4v) is 3.45. The Hall–Kier alpha value is -0.440. The summed E-state index contributed by atoms with van der Waals surface area (Å²) in [5.74, 6) is -2.51. The average Bonchev–Trinajstić information content (AvgIpc) is 2.89. The zero-order chi connectivity index (χ0) is 20.2. The number of hydrogen-bond donors (Lipinski definition) is 5. The molecule has 27 heavy (non-hydrogen) atoms. The van der Waals surface area contributed by atoms with Crippen molar-refractivity contribution in [1.82, 2.24) is 0 Å². The van der Waals surface area contributed by atoms with Crippen LogP contribution < -0.4 is 0 Å². The van der Waals surface area contributed by atoms with Gasteiger partial charge in [-0.2, -0.15) is 0 Å². The minimum absolute atomic E-state index is 0.0585. The van der Waals surface area contributed by atoms with Crippen LogP contribution >= 0.6 is 0 Å². The lowest BCUT2D eigenvalue weighted by Gasteiger charge is -2.43. The van der Waals surface area contributed by atoms with Crippen LogP contribution in [-0.4, -0.2) is 122 Å². The highest BCUT2D eigenvalue weighted by atomic mass is 16.8. The van der Waals surface area contributed by atoms with E-state index in [2.05, 4.69) is 0 Å². The zero-order valence-electron chi connectivity index (χ0n) is 15.6. The first kappa shape index (κ1) is 22.8. The molecule has 160 valence electrons. The first-order valence-electron chi connectivity index (χ1n) is 8.66. The quantitative estimate of drug-likeness (QED) is 0.267. The van der Waals surface area contributed by atoms with Gasteiger partial charge in [0, 0.05) is 27.2 Å². The summed E-state index contributed by atoms with van der Waals surface area (Å²) in [6, 6.07) is 0. The van der Waals surface area contributed by atoms with Crippen molar-refractivity contribution in [3.8, 4) is 0 Å². The van der Waals surface area contributed by atoms with Crippen LogP contribution in [0.3, 0.4) is 0 Å². The molecule has 2 saturated heterocycles. The topological polar surface area (TPSA) is 157 Å². The van der Waals surface area contributed by atoms with Crippen LogP contribution in [0.15, 0.2) is 0 Å². The Morgan fingerprint density at radius 1 is 0.852 bits per heavy atom. The largest absolute Gasteiger partial charge is 0.396 e. The third-order valence-electron chi connectivity index (χ3n) is 4.89. The first-order chi connectivity index (χ1) is 12.8. The molecule has 7 unspecified atom stereocenters. The highest BCUT2D eigenvalue weighted by molar-refractivity contribution is 4.98. The van der Waals surface area contributed by atoms with E-state index in [4.69, 9.17) is 28.4 Å². The highest BCUT2D eigenvalue weighted by Crippen LogP contribution is 2.39. The molecule has 0 bridgehead atoms. The maximum atomic E-state index is 10.7. The molecule has 9 atom stereocenters. The second-order valence-corrected chi connectivity index (χ2v) is 6.74. The maximum absolute atomic E-state index is 10.7. The molecule has 2 aliphatic heterocycles. The second kappa shape index (κ2) is 9.85. The van der Waals surface area contributed by atoms with E-state index >= 15 is 0 Å². The fraction of sp³-hybridized carbons (Fsp3) is 1.00. The van der Waals surface area contributed by atoms with E-state index in [1.807, 2.05) is 0 Å². The van der Waals surface area contributed by atoms with Gasteiger partial charge in [-0.1, -0.05) is 0 Å². The van der Waals surface area contributed by atoms with Crippen molar-refractivity contribution in [2.45, 2.75) is 48.7 Å². The number of methoxy groups -OCH3 is 3. The van der Waals surface area contributed by atoms with Crippen molar-refractivity contribution < 1.29 is 54.0 Å². The van der Waals surface area contributed by atoms with Gasteiger partial charge >= 0.3 is 0 Å². The third kappa shape index (κ3) is 4.60. The molecule has 2 rings (SSSR count). The van der Waals surface area contributed by atoms with Gasteiger partial charge in [0.05, 0.1) is 25.9 Å². The van der Waals surface area contributed by atoms with Gasteiger partial charge in [0.1, 0.15) is 37.1 Å². The molecular formula is C16H30O11. The predicted octanol–water partition coefficient (Wildman–Crippen LogP) is -3.19. The molecule has 2 heterocycles. The summed E-state index contributed by atoms with van der Waals surface area (Å²) in [5.41, 5.74) is 0. The smallest absolute Gasteiger partial charge is 0.222 e. The summed E-state index contributed by atoms with van der Waals surface area (Å²) >= 11 is 0. The number of ether oxygens (including phenoxy) is 6. The minimum Gasteiger partial charge on any atom is -0.396 e. The molecule has 2 aliphatic rings. The average molecular weight is 398 g/mol. The van der Waals surface area contributed by atoms with Crippen LogP contribution in [0.5, 0.6) is 0 Å². The summed E-state index contributed by atoms with van der Waals surface area (Å²) in [6.07, 6.45) is -9.02. The maximum Gasteiger partial charge on any atom is 0.222 e. The predicted molar refractivity (Wildman–Crippen MR) is 87.6 cm³/mol. The van der Waals surface area contributed by atoms with Crippen LogP contribution in [0, 0.1) is 5.92 Å². The molecular weight excluding hydrogens is 368 g/mol. The Balaban J connectivity index is 2.23. The molecule has 0 saturated carbocycles. The Labute approximate surface area is 157 Å². The lowest BCUT2D eigenvalue weighted by atomic mass is 9.95. The Bertz CT molecular complexity index is 452. The summed E-state index contributed by atoms with van der Waals surface area (Å²) in [7, 11) is 4.20. The number of hydrogen-bond acceptors (Lipinski definition) is 11. The number of rotatable bonds is 9. The van der Waals surface area contributed by atoms with Gasteiger partial charge in [-0.15, -0.1) is 0 Å². The minimum atomic E-state index is -1.78. The van der Waals surface area contributed by atoms with Gasteiger partial charge in [-0.3, -0.25) is 0 Å². The standard InChI is InChI=1S/C16H30O11/c1-22-5-9-8(4-17)14(21)16(26-9,7-24-3)27-15-13(20)12(19)11(18)10(25-15)6-23-2/h8-15,17-21H,4-7H2,1-3H3/t8?,9?,10?,11-,12?,13?,14?,15-,16?/m1/s1. The van der Waals surface area contributed by atoms with Gasteiger partial charge in [0.15, 0.2) is 6.29 Å². The molecule has 2 fully saturated rings. The fourth-order valence-electron chi connectivity index (χ4n) is 3.45. The van der Waals surface area contributed by atoms with E-state index in [1.54, 1.807) is 0 Å². The zero-order valence-corrected chi connectivity index (χ0v) is 15.6. The summed E-state index contributed by atoms with van der Waals surface area (Å²) in [4.78, 5) is 0. The van der Waals surface area contributed by atoms with Crippen molar-refractivity contribution in [2.75, 3.05) is 47.8 Å². The van der Waals surface area contributed by atoms with E-state index < -0.39 is 61.2 Å². The molecule has 0 radical (unpaired) electrons. The van der Waals surface area contributed by atoms with Gasteiger partial charge in [-0.05, 0) is 0 Å². The van der Waals surface area contributed by atoms with Crippen LogP contribution in [0.2, 0.25) is 0 Å². The van der Waals surface area contributed by atoms with E-state index in [9.17, 15) is 25.5 Å². The molecule has 11 nitrogen and oxygen atoms in total. The molecule has 5 N–H and O–H groups in total. The Morgan fingerprint density at radius 3 is 2.04 bits per heavy atom. The van der Waals surface area contributed by atoms with Crippen molar-refractivity contribution in [1.29, 1.82) is 0 Å². The van der Waals surface area contributed by atoms with Crippen LogP contribution in [0.1, 0.15) is 0 Å². The molecule has 0 aromatic carbocycles. The molecule has 0 aromatic heterocycles. The van der Waals surface area contributed by atoms with E-state index in [1.165, 1.54) is 21.3 Å². The van der Waals surface area contributed by atoms with E-state index in [0.717, 1.165) is 0 Å². The van der Waals surface area contributed by atoms with Crippen molar-refractivity contribution >= 4 is 0 Å². The normalized spacial score (nSPS) is 45.3. The highest BCUT2D eigenvalue weighted by Gasteiger charge is 2.58. The van der Waals surface area contributed by atoms with Crippen molar-refractivity contribution in [2.24, 2.45) is 5.92 Å².